The van der Waals surface area contributed by atoms with Crippen LogP contribution in [0.4, 0.5) is 0 Å². The molecule has 3 fully saturated rings. The van der Waals surface area contributed by atoms with Crippen molar-refractivity contribution in [2.24, 2.45) is 39.7 Å². The summed E-state index contributed by atoms with van der Waals surface area (Å²) >= 11 is 0. The zero-order chi connectivity index (χ0) is 20.5. The van der Waals surface area contributed by atoms with Crippen LogP contribution < -0.4 is 0 Å². The van der Waals surface area contributed by atoms with Crippen LogP contribution in [0, 0.1) is 34.5 Å². The van der Waals surface area contributed by atoms with Crippen LogP contribution >= 0.6 is 0 Å². The average Bonchev–Trinajstić information content (AvgIpc) is 2.95. The predicted octanol–water partition coefficient (Wildman–Crippen LogP) is 4.35. The third kappa shape index (κ3) is 3.74. The van der Waals surface area contributed by atoms with E-state index in [1.807, 2.05) is 6.21 Å². The Morgan fingerprint density at radius 3 is 2.71 bits per heavy atom. The van der Waals surface area contributed by atoms with Crippen LogP contribution in [0.25, 0.3) is 0 Å². The highest BCUT2D eigenvalue weighted by molar-refractivity contribution is 5.66. The minimum Gasteiger partial charge on any atom is -0.466 e. The van der Waals surface area contributed by atoms with Gasteiger partial charge in [-0.15, -0.1) is 0 Å². The molecule has 3 aliphatic rings. The summed E-state index contributed by atoms with van der Waals surface area (Å²) in [5, 5.41) is 14.5. The average molecular weight is 392 g/mol. The fourth-order valence-electron chi connectivity index (χ4n) is 6.57. The van der Waals surface area contributed by atoms with Crippen molar-refractivity contribution in [1.29, 1.82) is 0 Å². The quantitative estimate of drug-likeness (QED) is 0.327. The van der Waals surface area contributed by atoms with Crippen LogP contribution in [0.15, 0.2) is 17.3 Å². The van der Waals surface area contributed by atoms with Gasteiger partial charge in [0.15, 0.2) is 0 Å². The molecule has 3 saturated carbocycles. The van der Waals surface area contributed by atoms with Gasteiger partial charge in [0.05, 0.1) is 12.7 Å². The van der Waals surface area contributed by atoms with Crippen molar-refractivity contribution in [1.82, 2.24) is 0 Å². The summed E-state index contributed by atoms with van der Waals surface area (Å²) in [5.74, 6) is 1.19. The molecule has 0 aromatic carbocycles. The second-order valence-corrected chi connectivity index (χ2v) is 9.76. The number of carbonyl (C=O) groups excluding carboxylic acids is 1. The first-order valence-electron chi connectivity index (χ1n) is 10.8. The number of esters is 1. The van der Waals surface area contributed by atoms with Gasteiger partial charge in [0, 0.05) is 25.0 Å². The second-order valence-electron chi connectivity index (χ2n) is 9.76. The molecule has 0 heterocycles. The molecule has 5 nitrogen and oxygen atoms in total. The molecular weight excluding hydrogens is 354 g/mol. The summed E-state index contributed by atoms with van der Waals surface area (Å²) < 4.78 is 5.43. The molecule has 3 aliphatic carbocycles. The van der Waals surface area contributed by atoms with Crippen LogP contribution in [-0.2, 0) is 14.4 Å². The first kappa shape index (κ1) is 21.4. The number of carbonyl (C=O) groups is 1. The molecule has 0 unspecified atom stereocenters. The fraction of sp³-hybridized carbons (Fsp3) is 0.826. The van der Waals surface area contributed by atoms with Crippen molar-refractivity contribution in [3.8, 4) is 0 Å². The first-order valence-corrected chi connectivity index (χ1v) is 10.8. The molecule has 0 radical (unpaired) electrons. The normalized spacial score (nSPS) is 43.8. The summed E-state index contributed by atoms with van der Waals surface area (Å²) in [4.78, 5) is 16.5. The van der Waals surface area contributed by atoms with Crippen molar-refractivity contribution in [2.45, 2.75) is 71.8 Å². The van der Waals surface area contributed by atoms with Crippen LogP contribution in [0.1, 0.15) is 65.7 Å². The molecule has 0 spiro atoms. The van der Waals surface area contributed by atoms with Crippen LogP contribution in [0.5, 0.6) is 0 Å². The third-order valence-electron chi connectivity index (χ3n) is 8.47. The molecule has 28 heavy (non-hydrogen) atoms. The second kappa shape index (κ2) is 8.17. The third-order valence-corrected chi connectivity index (χ3v) is 8.47. The number of nitrogens with zero attached hydrogens (tertiary/aromatic N) is 1. The minimum atomic E-state index is -0.306. The zero-order valence-corrected chi connectivity index (χ0v) is 17.9. The summed E-state index contributed by atoms with van der Waals surface area (Å²) in [6, 6.07) is 0. The number of hydrogen-bond donors (Lipinski definition) is 1. The topological polar surface area (TPSA) is 68.1 Å². The van der Waals surface area contributed by atoms with Gasteiger partial charge in [-0.25, -0.2) is 0 Å². The highest BCUT2D eigenvalue weighted by Crippen LogP contribution is 2.63. The Kier molecular flexibility index (Phi) is 6.23. The number of oxime groups is 1. The number of allylic oxidation sites excluding steroid dienone is 1. The van der Waals surface area contributed by atoms with Crippen LogP contribution in [-0.4, -0.2) is 37.1 Å². The van der Waals surface area contributed by atoms with Gasteiger partial charge in [0.2, 0.25) is 0 Å². The number of ether oxygens (including phenoxy) is 1. The van der Waals surface area contributed by atoms with E-state index in [4.69, 9.17) is 9.57 Å². The molecule has 158 valence electrons. The van der Waals surface area contributed by atoms with E-state index in [1.165, 1.54) is 12.5 Å². The fourth-order valence-corrected chi connectivity index (χ4v) is 6.57. The molecule has 5 heteroatoms. The van der Waals surface area contributed by atoms with Crippen molar-refractivity contribution in [3.05, 3.63) is 12.2 Å². The van der Waals surface area contributed by atoms with E-state index in [1.54, 1.807) is 7.11 Å². The monoisotopic (exact) mass is 391 g/mol. The summed E-state index contributed by atoms with van der Waals surface area (Å²) in [6.07, 6.45) is 8.69. The predicted molar refractivity (Wildman–Crippen MR) is 110 cm³/mol. The Morgan fingerprint density at radius 2 is 2.04 bits per heavy atom. The highest BCUT2D eigenvalue weighted by atomic mass is 16.6. The van der Waals surface area contributed by atoms with E-state index in [-0.39, 0.29) is 28.8 Å². The molecule has 1 N–H and O–H groups in total. The number of rotatable bonds is 5. The summed E-state index contributed by atoms with van der Waals surface area (Å²) in [5.41, 5.74) is 1.56. The van der Waals surface area contributed by atoms with Crippen molar-refractivity contribution in [2.75, 3.05) is 13.7 Å². The molecule has 0 bridgehead atoms. The van der Waals surface area contributed by atoms with Crippen LogP contribution in [0.3, 0.4) is 0 Å². The van der Waals surface area contributed by atoms with Gasteiger partial charge in [-0.05, 0) is 67.6 Å². The lowest BCUT2D eigenvalue weighted by molar-refractivity contribution is -0.148. The van der Waals surface area contributed by atoms with Gasteiger partial charge >= 0.3 is 5.97 Å². The van der Waals surface area contributed by atoms with Crippen molar-refractivity contribution in [3.63, 3.8) is 0 Å². The number of aliphatic hydroxyl groups is 1. The van der Waals surface area contributed by atoms with E-state index >= 15 is 0 Å². The molecule has 7 atom stereocenters. The summed E-state index contributed by atoms with van der Waals surface area (Å²) in [6.45, 7) is 11.0. The lowest BCUT2D eigenvalue weighted by Gasteiger charge is -2.55. The number of hydrogen-bond acceptors (Lipinski definition) is 5. The Labute approximate surface area is 169 Å². The van der Waals surface area contributed by atoms with E-state index in [9.17, 15) is 9.90 Å². The molecular formula is C23H37NO4. The standard InChI is InChI=1S/C23H37NO4/c1-15-6-7-20-19(13-24-27-5)21(9-11-22(15,20)3)23(4)10-8-18(26)12-17(23)14-28-16(2)25/h13,17-21,26H,1,6-12,14H2,2-5H3/b24-13-/t17-,18+,19+,20+,21+,22-,23+/m1/s1. The molecule has 0 amide bonds. The van der Waals surface area contributed by atoms with Gasteiger partial charge in [0.1, 0.15) is 7.11 Å². The van der Waals surface area contributed by atoms with Gasteiger partial charge in [-0.2, -0.15) is 0 Å². The number of aliphatic hydroxyl groups excluding tert-OH is 1. The zero-order valence-electron chi connectivity index (χ0n) is 17.9. The van der Waals surface area contributed by atoms with E-state index < -0.39 is 0 Å². The van der Waals surface area contributed by atoms with Gasteiger partial charge < -0.3 is 14.7 Å². The number of fused-ring (bicyclic) bond motifs is 1. The highest BCUT2D eigenvalue weighted by Gasteiger charge is 2.56. The van der Waals surface area contributed by atoms with Crippen molar-refractivity contribution >= 4 is 12.2 Å². The van der Waals surface area contributed by atoms with E-state index in [2.05, 4.69) is 25.6 Å². The van der Waals surface area contributed by atoms with Crippen LogP contribution in [0.2, 0.25) is 0 Å². The van der Waals surface area contributed by atoms with Crippen molar-refractivity contribution < 1.29 is 19.5 Å². The first-order chi connectivity index (χ1) is 13.2. The minimum absolute atomic E-state index is 0.00433. The molecule has 0 aliphatic heterocycles. The SMILES string of the molecule is C=C1CC[C@H]2[C@H](/C=N\OC)[C@@H]([C@@]3(C)CC[C@H](O)C[C@@H]3COC(C)=O)CC[C@]12C. The Hall–Kier alpha value is -1.36. The molecule has 0 saturated heterocycles. The van der Waals surface area contributed by atoms with E-state index in [0.717, 1.165) is 38.5 Å². The Balaban J connectivity index is 1.92. The maximum atomic E-state index is 11.5. The smallest absolute Gasteiger partial charge is 0.302 e. The summed E-state index contributed by atoms with van der Waals surface area (Å²) in [7, 11) is 1.60. The molecule has 0 aromatic rings. The lowest BCUT2D eigenvalue weighted by Crippen LogP contribution is -2.51. The maximum absolute atomic E-state index is 11.5. The Bertz CT molecular complexity index is 632. The molecule has 3 rings (SSSR count). The van der Waals surface area contributed by atoms with E-state index in [0.29, 0.717) is 30.8 Å². The van der Waals surface area contributed by atoms with Gasteiger partial charge in [-0.1, -0.05) is 31.2 Å². The molecule has 0 aromatic heterocycles. The lowest BCUT2D eigenvalue weighted by atomic mass is 9.49. The Morgan fingerprint density at radius 1 is 1.29 bits per heavy atom. The van der Waals surface area contributed by atoms with Gasteiger partial charge in [0.25, 0.3) is 0 Å². The van der Waals surface area contributed by atoms with Gasteiger partial charge in [-0.3, -0.25) is 4.79 Å². The maximum Gasteiger partial charge on any atom is 0.302 e. The largest absolute Gasteiger partial charge is 0.466 e.